The monoisotopic (exact) mass is 395 g/mol. The molecule has 0 radical (unpaired) electrons. The predicted octanol–water partition coefficient (Wildman–Crippen LogP) is 5.00. The van der Waals surface area contributed by atoms with Crippen molar-refractivity contribution in [1.82, 2.24) is 15.5 Å². The molecular weight excluding hydrogens is 378 g/mol. The molecule has 0 aliphatic rings. The summed E-state index contributed by atoms with van der Waals surface area (Å²) >= 11 is 9.17. The zero-order chi connectivity index (χ0) is 17.8. The molecule has 1 aromatic carbocycles. The lowest BCUT2D eigenvalue weighted by Crippen LogP contribution is -2.33. The largest absolute Gasteiger partial charge is 0.410 e. The maximum absolute atomic E-state index is 11.9. The van der Waals surface area contributed by atoms with Crippen molar-refractivity contribution in [3.63, 3.8) is 0 Å². The summed E-state index contributed by atoms with van der Waals surface area (Å²) in [6.45, 7) is 4.09. The number of thiophene rings is 1. The highest BCUT2D eigenvalue weighted by atomic mass is 35.5. The van der Waals surface area contributed by atoms with Gasteiger partial charge in [0.25, 0.3) is 11.1 Å². The number of carbonyl (C=O) groups excluding carboxylic acids is 1. The number of aromatic nitrogens is 2. The molecule has 0 bridgehead atoms. The van der Waals surface area contributed by atoms with E-state index in [2.05, 4.69) is 22.4 Å². The van der Waals surface area contributed by atoms with E-state index >= 15 is 0 Å². The lowest BCUT2D eigenvalue weighted by atomic mass is 10.2. The zero-order valence-corrected chi connectivity index (χ0v) is 16.3. The number of thioether (sulfide) groups is 1. The minimum Gasteiger partial charge on any atom is -0.410 e. The number of hydrogen-bond donors (Lipinski definition) is 1. The van der Waals surface area contributed by atoms with Gasteiger partial charge in [0.05, 0.1) is 10.8 Å². The van der Waals surface area contributed by atoms with Gasteiger partial charge in [-0.15, -0.1) is 21.5 Å². The van der Waals surface area contributed by atoms with Crippen LogP contribution < -0.4 is 5.32 Å². The maximum atomic E-state index is 11.9. The molecule has 1 N–H and O–H groups in total. The molecular formula is C17H18ClN3O2S2. The molecule has 5 nitrogen and oxygen atoms in total. The van der Waals surface area contributed by atoms with Crippen LogP contribution in [-0.2, 0) is 4.79 Å². The number of hydrogen-bond acceptors (Lipinski definition) is 6. The predicted molar refractivity (Wildman–Crippen MR) is 103 cm³/mol. The van der Waals surface area contributed by atoms with E-state index in [1.165, 1.54) is 23.1 Å². The van der Waals surface area contributed by atoms with Crippen molar-refractivity contribution in [2.24, 2.45) is 0 Å². The third-order valence-electron chi connectivity index (χ3n) is 3.59. The summed E-state index contributed by atoms with van der Waals surface area (Å²) in [6.07, 6.45) is 2.00. The van der Waals surface area contributed by atoms with Crippen LogP contribution in [0.1, 0.15) is 26.7 Å². The van der Waals surface area contributed by atoms with Crippen LogP contribution in [0.25, 0.3) is 20.9 Å². The van der Waals surface area contributed by atoms with Crippen LogP contribution in [0.3, 0.4) is 0 Å². The van der Waals surface area contributed by atoms with Crippen molar-refractivity contribution < 1.29 is 9.21 Å². The zero-order valence-electron chi connectivity index (χ0n) is 13.9. The quantitative estimate of drug-likeness (QED) is 0.570. The Morgan fingerprint density at radius 1 is 1.40 bits per heavy atom. The van der Waals surface area contributed by atoms with Crippen LogP contribution in [0, 0.1) is 0 Å². The second-order valence-electron chi connectivity index (χ2n) is 5.66. The summed E-state index contributed by atoms with van der Waals surface area (Å²) in [5.74, 6) is 0.592. The molecule has 0 aliphatic carbocycles. The molecule has 132 valence electrons. The number of fused-ring (bicyclic) bond motifs is 1. The highest BCUT2D eigenvalue weighted by molar-refractivity contribution is 7.99. The van der Waals surface area contributed by atoms with E-state index in [1.807, 2.05) is 31.2 Å². The Labute approximate surface area is 159 Å². The fourth-order valence-corrected chi connectivity index (χ4v) is 4.47. The molecule has 1 atom stereocenters. The van der Waals surface area contributed by atoms with Crippen LogP contribution in [0.5, 0.6) is 0 Å². The van der Waals surface area contributed by atoms with Crippen molar-refractivity contribution in [2.45, 2.75) is 38.0 Å². The Hall–Kier alpha value is -1.57. The highest BCUT2D eigenvalue weighted by Gasteiger charge is 2.18. The Morgan fingerprint density at radius 3 is 2.96 bits per heavy atom. The van der Waals surface area contributed by atoms with Gasteiger partial charge in [0.15, 0.2) is 0 Å². The number of halogens is 1. The van der Waals surface area contributed by atoms with E-state index in [0.717, 1.165) is 27.8 Å². The first kappa shape index (κ1) is 18.2. The molecule has 0 fully saturated rings. The Kier molecular flexibility index (Phi) is 5.98. The van der Waals surface area contributed by atoms with E-state index in [0.29, 0.717) is 16.1 Å². The molecule has 0 unspecified atom stereocenters. The van der Waals surface area contributed by atoms with Crippen LogP contribution >= 0.6 is 34.7 Å². The number of nitrogens with one attached hydrogen (secondary N) is 1. The number of amides is 1. The van der Waals surface area contributed by atoms with Gasteiger partial charge in [0.1, 0.15) is 4.88 Å². The molecule has 25 heavy (non-hydrogen) atoms. The van der Waals surface area contributed by atoms with E-state index in [-0.39, 0.29) is 17.7 Å². The van der Waals surface area contributed by atoms with E-state index in [1.54, 1.807) is 0 Å². The van der Waals surface area contributed by atoms with Gasteiger partial charge < -0.3 is 9.73 Å². The molecule has 8 heteroatoms. The fraction of sp³-hybridized carbons (Fsp3) is 0.353. The maximum Gasteiger partial charge on any atom is 0.277 e. The Balaban J connectivity index is 1.66. The van der Waals surface area contributed by atoms with Gasteiger partial charge in [-0.05, 0) is 19.4 Å². The summed E-state index contributed by atoms with van der Waals surface area (Å²) in [7, 11) is 0. The van der Waals surface area contributed by atoms with Crippen LogP contribution in [0.4, 0.5) is 0 Å². The average Bonchev–Trinajstić information content (AvgIpc) is 3.18. The van der Waals surface area contributed by atoms with Crippen molar-refractivity contribution in [1.29, 1.82) is 0 Å². The summed E-state index contributed by atoms with van der Waals surface area (Å²) in [5.41, 5.74) is 0. The molecule has 3 rings (SSSR count). The summed E-state index contributed by atoms with van der Waals surface area (Å²) in [5, 5.41) is 13.0. The van der Waals surface area contributed by atoms with Crippen LogP contribution in [-0.4, -0.2) is 27.9 Å². The van der Waals surface area contributed by atoms with Gasteiger partial charge in [-0.2, -0.15) is 0 Å². The molecule has 0 saturated carbocycles. The molecule has 2 aromatic heterocycles. The summed E-state index contributed by atoms with van der Waals surface area (Å²) in [6, 6.07) is 8.05. The first-order valence-corrected chi connectivity index (χ1v) is 10.2. The number of carbonyl (C=O) groups is 1. The minimum absolute atomic E-state index is 0.0365. The van der Waals surface area contributed by atoms with Gasteiger partial charge in [-0.3, -0.25) is 4.79 Å². The topological polar surface area (TPSA) is 68.0 Å². The minimum atomic E-state index is -0.0365. The van der Waals surface area contributed by atoms with Crippen molar-refractivity contribution in [3.05, 3.63) is 29.3 Å². The molecule has 1 amide bonds. The fourth-order valence-electron chi connectivity index (χ4n) is 2.46. The summed E-state index contributed by atoms with van der Waals surface area (Å²) in [4.78, 5) is 12.7. The van der Waals surface area contributed by atoms with Gasteiger partial charge >= 0.3 is 0 Å². The highest BCUT2D eigenvalue weighted by Crippen LogP contribution is 2.41. The van der Waals surface area contributed by atoms with Crippen LogP contribution in [0.2, 0.25) is 5.02 Å². The normalized spacial score (nSPS) is 12.4. The van der Waals surface area contributed by atoms with Crippen molar-refractivity contribution in [3.8, 4) is 10.8 Å². The van der Waals surface area contributed by atoms with Crippen molar-refractivity contribution >= 4 is 50.7 Å². The first-order chi connectivity index (χ1) is 12.1. The van der Waals surface area contributed by atoms with Crippen molar-refractivity contribution in [2.75, 3.05) is 5.75 Å². The number of rotatable bonds is 7. The standard InChI is InChI=1S/C17H18ClN3O2S2/c1-3-6-10(2)19-13(22)9-24-17-21-20-16(23-17)15-14(18)11-7-4-5-8-12(11)25-15/h4-5,7-8,10H,3,6,9H2,1-2H3,(H,19,22)/t10-/m1/s1. The summed E-state index contributed by atoms with van der Waals surface area (Å²) < 4.78 is 6.74. The molecule has 0 aliphatic heterocycles. The SMILES string of the molecule is CCC[C@@H](C)NC(=O)CSc1nnc(-c2sc3ccccc3c2Cl)o1. The molecule has 2 heterocycles. The third-order valence-corrected chi connectivity index (χ3v) is 6.07. The number of nitrogens with zero attached hydrogens (tertiary/aromatic N) is 2. The Morgan fingerprint density at radius 2 is 2.20 bits per heavy atom. The smallest absolute Gasteiger partial charge is 0.277 e. The molecule has 0 spiro atoms. The second kappa shape index (κ2) is 8.21. The second-order valence-corrected chi connectivity index (χ2v) is 8.02. The molecule has 0 saturated heterocycles. The lowest BCUT2D eigenvalue weighted by molar-refractivity contribution is -0.119. The van der Waals surface area contributed by atoms with E-state index < -0.39 is 0 Å². The average molecular weight is 396 g/mol. The third kappa shape index (κ3) is 4.34. The van der Waals surface area contributed by atoms with Gasteiger partial charge in [0.2, 0.25) is 5.91 Å². The number of benzene rings is 1. The van der Waals surface area contributed by atoms with E-state index in [4.69, 9.17) is 16.0 Å². The first-order valence-electron chi connectivity index (χ1n) is 8.01. The molecule has 3 aromatic rings. The van der Waals surface area contributed by atoms with E-state index in [9.17, 15) is 4.79 Å². The van der Waals surface area contributed by atoms with Gasteiger partial charge in [-0.1, -0.05) is 54.9 Å². The van der Waals surface area contributed by atoms with Gasteiger partial charge in [-0.25, -0.2) is 0 Å². The van der Waals surface area contributed by atoms with Crippen LogP contribution in [0.15, 0.2) is 33.9 Å². The van der Waals surface area contributed by atoms with Gasteiger partial charge in [0, 0.05) is 16.1 Å². The lowest BCUT2D eigenvalue weighted by Gasteiger charge is -2.11. The Bertz CT molecular complexity index is 878.